The molecule has 0 saturated heterocycles. The van der Waals surface area contributed by atoms with Gasteiger partial charge in [0, 0.05) is 6.54 Å². The van der Waals surface area contributed by atoms with Crippen molar-refractivity contribution in [3.8, 4) is 5.75 Å². The molecule has 1 aromatic heterocycles. The Hall–Kier alpha value is -2.05. The quantitative estimate of drug-likeness (QED) is 0.558. The van der Waals surface area contributed by atoms with E-state index in [4.69, 9.17) is 22.2 Å². The van der Waals surface area contributed by atoms with Crippen LogP contribution in [0.4, 0.5) is 11.8 Å². The van der Waals surface area contributed by atoms with E-state index in [1.165, 1.54) is 11.8 Å². The molecule has 1 heterocycles. The Morgan fingerprint density at radius 2 is 2.05 bits per heavy atom. The minimum atomic E-state index is 0.321. The Kier molecular flexibility index (Phi) is 4.97. The fourth-order valence-corrected chi connectivity index (χ4v) is 1.84. The second kappa shape index (κ2) is 6.93. The first-order valence-electron chi connectivity index (χ1n) is 6.09. The zero-order chi connectivity index (χ0) is 14.4. The molecule has 0 unspecified atom stereocenters. The van der Waals surface area contributed by atoms with Gasteiger partial charge in [0.1, 0.15) is 10.8 Å². The number of nitrogens with one attached hydrogen (secondary N) is 2. The average molecular weight is 294 g/mol. The Balaban J connectivity index is 1.91. The number of nitrogen functional groups attached to an aromatic ring is 1. The zero-order valence-corrected chi connectivity index (χ0v) is 11.8. The van der Waals surface area contributed by atoms with Gasteiger partial charge in [0.05, 0.1) is 13.3 Å². The van der Waals surface area contributed by atoms with Crippen LogP contribution in [0.25, 0.3) is 0 Å². The summed E-state index contributed by atoms with van der Waals surface area (Å²) >= 11 is 6.00. The normalized spacial score (nSPS) is 10.2. The number of methoxy groups -OCH3 is 1. The molecule has 106 valence electrons. The molecule has 2 rings (SSSR count). The lowest BCUT2D eigenvalue weighted by Gasteiger charge is -2.09. The summed E-state index contributed by atoms with van der Waals surface area (Å²) in [6.07, 6.45) is 2.34. The minimum Gasteiger partial charge on any atom is -0.497 e. The number of aromatic nitrogens is 2. The lowest BCUT2D eigenvalue weighted by molar-refractivity contribution is 0.414. The summed E-state index contributed by atoms with van der Waals surface area (Å²) in [5, 5.41) is 3.61. The number of hydrogen-bond donors (Lipinski definition) is 3. The highest BCUT2D eigenvalue weighted by atomic mass is 35.5. The average Bonchev–Trinajstić information content (AvgIpc) is 2.50. The molecule has 0 atom stereocenters. The molecular weight excluding hydrogens is 278 g/mol. The van der Waals surface area contributed by atoms with Gasteiger partial charge in [0.25, 0.3) is 0 Å². The van der Waals surface area contributed by atoms with Gasteiger partial charge in [-0.1, -0.05) is 23.7 Å². The number of nitrogens with zero attached hydrogens (tertiary/aromatic N) is 2. The molecule has 4 N–H and O–H groups in total. The van der Waals surface area contributed by atoms with Gasteiger partial charge in [-0.3, -0.25) is 5.43 Å². The van der Waals surface area contributed by atoms with Gasteiger partial charge in [-0.25, -0.2) is 10.8 Å². The predicted molar refractivity (Wildman–Crippen MR) is 80.0 cm³/mol. The van der Waals surface area contributed by atoms with Crippen molar-refractivity contribution in [2.24, 2.45) is 5.84 Å². The summed E-state index contributed by atoms with van der Waals surface area (Å²) in [5.41, 5.74) is 3.58. The van der Waals surface area contributed by atoms with Gasteiger partial charge in [-0.05, 0) is 24.1 Å². The Labute approximate surface area is 122 Å². The third kappa shape index (κ3) is 3.72. The van der Waals surface area contributed by atoms with E-state index >= 15 is 0 Å². The molecule has 2 aromatic rings. The van der Waals surface area contributed by atoms with Crippen LogP contribution in [-0.2, 0) is 6.42 Å². The first-order chi connectivity index (χ1) is 9.72. The van der Waals surface area contributed by atoms with Crippen LogP contribution in [0.15, 0.2) is 30.5 Å². The maximum atomic E-state index is 6.00. The fourth-order valence-electron chi connectivity index (χ4n) is 1.68. The Morgan fingerprint density at radius 3 is 2.70 bits per heavy atom. The number of hydrogen-bond acceptors (Lipinski definition) is 6. The second-order valence-corrected chi connectivity index (χ2v) is 4.47. The highest BCUT2D eigenvalue weighted by Gasteiger charge is 2.04. The summed E-state index contributed by atoms with van der Waals surface area (Å²) in [5.74, 6) is 6.98. The van der Waals surface area contributed by atoms with Crippen LogP contribution in [0.2, 0.25) is 5.02 Å². The van der Waals surface area contributed by atoms with Crippen molar-refractivity contribution < 1.29 is 4.74 Å². The molecule has 0 saturated carbocycles. The molecule has 0 aliphatic rings. The van der Waals surface area contributed by atoms with E-state index in [0.717, 1.165) is 12.2 Å². The standard InChI is InChI=1S/C13H16ClN5O/c1-20-10-4-2-9(3-5-10)6-7-16-12-11(14)8-17-13(18-12)19-15/h2-5,8H,6-7,15H2,1H3,(H2,16,17,18,19). The van der Waals surface area contributed by atoms with Crippen LogP contribution in [0.1, 0.15) is 5.56 Å². The molecular formula is C13H16ClN5O. The maximum absolute atomic E-state index is 6.00. The van der Waals surface area contributed by atoms with E-state index in [1.807, 2.05) is 24.3 Å². The van der Waals surface area contributed by atoms with Crippen LogP contribution in [0.5, 0.6) is 5.75 Å². The van der Waals surface area contributed by atoms with E-state index in [1.54, 1.807) is 7.11 Å². The number of rotatable bonds is 6. The van der Waals surface area contributed by atoms with Crippen molar-refractivity contribution in [1.82, 2.24) is 9.97 Å². The highest BCUT2D eigenvalue weighted by Crippen LogP contribution is 2.19. The Morgan fingerprint density at radius 1 is 1.30 bits per heavy atom. The van der Waals surface area contributed by atoms with Crippen molar-refractivity contribution in [2.45, 2.75) is 6.42 Å². The van der Waals surface area contributed by atoms with Crippen LogP contribution < -0.4 is 21.3 Å². The van der Waals surface area contributed by atoms with Gasteiger partial charge in [-0.2, -0.15) is 4.98 Å². The molecule has 20 heavy (non-hydrogen) atoms. The Bertz CT molecular complexity index is 561. The van der Waals surface area contributed by atoms with E-state index < -0.39 is 0 Å². The van der Waals surface area contributed by atoms with Crippen LogP contribution in [0, 0.1) is 0 Å². The predicted octanol–water partition coefficient (Wildman–Crippen LogP) is 2.08. The topological polar surface area (TPSA) is 85.1 Å². The van der Waals surface area contributed by atoms with E-state index in [-0.39, 0.29) is 0 Å². The van der Waals surface area contributed by atoms with Crippen molar-refractivity contribution in [2.75, 3.05) is 24.4 Å². The van der Waals surface area contributed by atoms with E-state index in [9.17, 15) is 0 Å². The lowest BCUT2D eigenvalue weighted by atomic mass is 10.1. The van der Waals surface area contributed by atoms with Crippen molar-refractivity contribution in [3.05, 3.63) is 41.0 Å². The molecule has 0 fully saturated rings. The van der Waals surface area contributed by atoms with Crippen LogP contribution in [0.3, 0.4) is 0 Å². The van der Waals surface area contributed by atoms with E-state index in [2.05, 4.69) is 20.7 Å². The first kappa shape index (κ1) is 14.4. The molecule has 1 aromatic carbocycles. The SMILES string of the molecule is COc1ccc(CCNc2nc(NN)ncc2Cl)cc1. The lowest BCUT2D eigenvalue weighted by Crippen LogP contribution is -2.13. The third-order valence-electron chi connectivity index (χ3n) is 2.74. The summed E-state index contributed by atoms with van der Waals surface area (Å²) < 4.78 is 5.12. The molecule has 0 spiro atoms. The van der Waals surface area contributed by atoms with Crippen molar-refractivity contribution in [1.29, 1.82) is 0 Å². The smallest absolute Gasteiger partial charge is 0.239 e. The molecule has 0 amide bonds. The van der Waals surface area contributed by atoms with Crippen molar-refractivity contribution in [3.63, 3.8) is 0 Å². The van der Waals surface area contributed by atoms with Gasteiger partial charge in [0.15, 0.2) is 5.82 Å². The molecule has 0 aliphatic carbocycles. The number of anilines is 2. The van der Waals surface area contributed by atoms with Gasteiger partial charge >= 0.3 is 0 Å². The summed E-state index contributed by atoms with van der Waals surface area (Å²) in [7, 11) is 1.65. The van der Waals surface area contributed by atoms with Crippen LogP contribution >= 0.6 is 11.6 Å². The number of nitrogens with two attached hydrogens (primary N) is 1. The second-order valence-electron chi connectivity index (χ2n) is 4.06. The molecule has 0 aliphatic heterocycles. The number of hydrazine groups is 1. The fraction of sp³-hybridized carbons (Fsp3) is 0.231. The van der Waals surface area contributed by atoms with Gasteiger partial charge in [0.2, 0.25) is 5.95 Å². The maximum Gasteiger partial charge on any atom is 0.239 e. The number of ether oxygens (including phenoxy) is 1. The highest BCUT2D eigenvalue weighted by molar-refractivity contribution is 6.32. The molecule has 0 radical (unpaired) electrons. The van der Waals surface area contributed by atoms with Gasteiger partial charge in [-0.15, -0.1) is 0 Å². The summed E-state index contributed by atoms with van der Waals surface area (Å²) in [6, 6.07) is 7.91. The zero-order valence-electron chi connectivity index (χ0n) is 11.1. The molecule has 7 heteroatoms. The summed E-state index contributed by atoms with van der Waals surface area (Å²) in [4.78, 5) is 8.05. The number of benzene rings is 1. The van der Waals surface area contributed by atoms with Crippen molar-refractivity contribution >= 4 is 23.4 Å². The summed E-state index contributed by atoms with van der Waals surface area (Å²) in [6.45, 7) is 0.701. The van der Waals surface area contributed by atoms with Gasteiger partial charge < -0.3 is 10.1 Å². The molecule has 6 nitrogen and oxygen atoms in total. The monoisotopic (exact) mass is 293 g/mol. The number of halogens is 1. The van der Waals surface area contributed by atoms with Crippen LogP contribution in [-0.4, -0.2) is 23.6 Å². The first-order valence-corrected chi connectivity index (χ1v) is 6.46. The molecule has 0 bridgehead atoms. The van der Waals surface area contributed by atoms with E-state index in [0.29, 0.717) is 23.3 Å². The largest absolute Gasteiger partial charge is 0.497 e. The minimum absolute atomic E-state index is 0.321. The third-order valence-corrected chi connectivity index (χ3v) is 3.01.